The Hall–Kier alpha value is -0.820. The van der Waals surface area contributed by atoms with Crippen LogP contribution in [-0.2, 0) is 0 Å². The van der Waals surface area contributed by atoms with Crippen LogP contribution in [0.25, 0.3) is 0 Å². The molecule has 0 aliphatic carbocycles. The maximum absolute atomic E-state index is 5.75. The van der Waals surface area contributed by atoms with E-state index in [1.807, 2.05) is 6.07 Å². The van der Waals surface area contributed by atoms with E-state index in [0.717, 1.165) is 6.54 Å². The van der Waals surface area contributed by atoms with Gasteiger partial charge in [0, 0.05) is 0 Å². The number of hydrogen-bond donors (Lipinski definition) is 1. The summed E-state index contributed by atoms with van der Waals surface area (Å²) < 4.78 is 0. The minimum Gasteiger partial charge on any atom is -0.330 e. The first-order chi connectivity index (χ1) is 6.24. The van der Waals surface area contributed by atoms with E-state index in [9.17, 15) is 0 Å². The Morgan fingerprint density at radius 3 is 2.23 bits per heavy atom. The van der Waals surface area contributed by atoms with Gasteiger partial charge in [-0.3, -0.25) is 0 Å². The molecule has 2 N–H and O–H groups in total. The molecule has 0 fully saturated rings. The van der Waals surface area contributed by atoms with E-state index in [2.05, 4.69) is 38.1 Å². The second-order valence-corrected chi connectivity index (χ2v) is 3.97. The fourth-order valence-electron chi connectivity index (χ4n) is 1.66. The molecule has 0 unspecified atom stereocenters. The fraction of sp³-hybridized carbons (Fsp3) is 0.500. The van der Waals surface area contributed by atoms with Crippen molar-refractivity contribution in [3.63, 3.8) is 0 Å². The summed E-state index contributed by atoms with van der Waals surface area (Å²) in [5.74, 6) is 1.25. The van der Waals surface area contributed by atoms with Crippen molar-refractivity contribution in [2.45, 2.75) is 26.2 Å². The first-order valence-corrected chi connectivity index (χ1v) is 4.99. The summed E-state index contributed by atoms with van der Waals surface area (Å²) in [6.07, 6.45) is 1.18. The zero-order valence-corrected chi connectivity index (χ0v) is 8.53. The van der Waals surface area contributed by atoms with Gasteiger partial charge in [0.15, 0.2) is 0 Å². The van der Waals surface area contributed by atoms with Gasteiger partial charge in [0.05, 0.1) is 0 Å². The molecule has 72 valence electrons. The number of benzene rings is 1. The van der Waals surface area contributed by atoms with E-state index < -0.39 is 0 Å². The summed E-state index contributed by atoms with van der Waals surface area (Å²) in [6.45, 7) is 5.24. The highest BCUT2D eigenvalue weighted by atomic mass is 14.5. The third kappa shape index (κ3) is 3.19. The number of nitrogens with two attached hydrogens (primary N) is 1. The lowest BCUT2D eigenvalue weighted by atomic mass is 9.90. The van der Waals surface area contributed by atoms with Crippen LogP contribution in [0, 0.1) is 5.92 Å². The highest BCUT2D eigenvalue weighted by molar-refractivity contribution is 5.19. The minimum atomic E-state index is 0.529. The fourth-order valence-corrected chi connectivity index (χ4v) is 1.66. The van der Waals surface area contributed by atoms with Gasteiger partial charge in [-0.2, -0.15) is 0 Å². The van der Waals surface area contributed by atoms with Crippen molar-refractivity contribution >= 4 is 0 Å². The van der Waals surface area contributed by atoms with E-state index in [4.69, 9.17) is 5.73 Å². The zero-order chi connectivity index (χ0) is 9.68. The molecule has 0 saturated heterocycles. The van der Waals surface area contributed by atoms with Crippen LogP contribution in [0.1, 0.15) is 31.7 Å². The molecule has 0 spiro atoms. The Bertz CT molecular complexity index is 228. The lowest BCUT2D eigenvalue weighted by molar-refractivity contribution is 0.504. The van der Waals surface area contributed by atoms with Crippen LogP contribution < -0.4 is 5.73 Å². The van der Waals surface area contributed by atoms with Crippen molar-refractivity contribution in [2.75, 3.05) is 6.54 Å². The van der Waals surface area contributed by atoms with Crippen LogP contribution in [0.15, 0.2) is 30.3 Å². The SMILES string of the molecule is CC(C)C[C@@H](CN)c1ccccc1. The summed E-state index contributed by atoms with van der Waals surface area (Å²) in [7, 11) is 0. The van der Waals surface area contributed by atoms with Crippen LogP contribution in [0.5, 0.6) is 0 Å². The summed E-state index contributed by atoms with van der Waals surface area (Å²) in [4.78, 5) is 0. The van der Waals surface area contributed by atoms with E-state index in [0.29, 0.717) is 11.8 Å². The Labute approximate surface area is 81.0 Å². The molecule has 0 aliphatic heterocycles. The molecular weight excluding hydrogens is 158 g/mol. The molecule has 1 aromatic carbocycles. The molecule has 0 amide bonds. The highest BCUT2D eigenvalue weighted by Gasteiger charge is 2.10. The van der Waals surface area contributed by atoms with Crippen LogP contribution in [0.3, 0.4) is 0 Å². The van der Waals surface area contributed by atoms with Gasteiger partial charge in [-0.15, -0.1) is 0 Å². The molecule has 1 atom stereocenters. The summed E-state index contributed by atoms with van der Waals surface area (Å²) in [6, 6.07) is 10.5. The normalized spacial score (nSPS) is 13.2. The van der Waals surface area contributed by atoms with E-state index in [1.54, 1.807) is 0 Å². The highest BCUT2D eigenvalue weighted by Crippen LogP contribution is 2.21. The molecule has 0 heterocycles. The van der Waals surface area contributed by atoms with Gasteiger partial charge in [-0.05, 0) is 30.4 Å². The topological polar surface area (TPSA) is 26.0 Å². The van der Waals surface area contributed by atoms with Gasteiger partial charge in [-0.25, -0.2) is 0 Å². The smallest absolute Gasteiger partial charge is 0.000814 e. The van der Waals surface area contributed by atoms with Crippen LogP contribution >= 0.6 is 0 Å². The first-order valence-electron chi connectivity index (χ1n) is 4.99. The van der Waals surface area contributed by atoms with E-state index >= 15 is 0 Å². The maximum atomic E-state index is 5.75. The van der Waals surface area contributed by atoms with E-state index in [1.165, 1.54) is 12.0 Å². The van der Waals surface area contributed by atoms with Gasteiger partial charge in [-0.1, -0.05) is 44.2 Å². The summed E-state index contributed by atoms with van der Waals surface area (Å²) >= 11 is 0. The van der Waals surface area contributed by atoms with Gasteiger partial charge >= 0.3 is 0 Å². The first kappa shape index (κ1) is 10.3. The number of hydrogen-bond acceptors (Lipinski definition) is 1. The van der Waals surface area contributed by atoms with Gasteiger partial charge < -0.3 is 5.73 Å². The quantitative estimate of drug-likeness (QED) is 0.752. The molecule has 1 nitrogen and oxygen atoms in total. The number of rotatable bonds is 4. The maximum Gasteiger partial charge on any atom is -0.000814 e. The molecule has 0 aliphatic rings. The van der Waals surface area contributed by atoms with Crippen molar-refractivity contribution < 1.29 is 0 Å². The van der Waals surface area contributed by atoms with Crippen molar-refractivity contribution in [2.24, 2.45) is 11.7 Å². The third-order valence-corrected chi connectivity index (χ3v) is 2.31. The third-order valence-electron chi connectivity index (χ3n) is 2.31. The second kappa shape index (κ2) is 5.03. The average Bonchev–Trinajstić information content (AvgIpc) is 2.15. The molecule has 13 heavy (non-hydrogen) atoms. The Morgan fingerprint density at radius 1 is 1.15 bits per heavy atom. The largest absolute Gasteiger partial charge is 0.330 e. The Kier molecular flexibility index (Phi) is 3.97. The Morgan fingerprint density at radius 2 is 1.77 bits per heavy atom. The lowest BCUT2D eigenvalue weighted by Gasteiger charge is -2.17. The second-order valence-electron chi connectivity index (χ2n) is 3.97. The standard InChI is InChI=1S/C12H19N/c1-10(2)8-12(9-13)11-6-4-3-5-7-11/h3-7,10,12H,8-9,13H2,1-2H3/t12-/m0/s1. The molecular formula is C12H19N. The van der Waals surface area contributed by atoms with Crippen molar-refractivity contribution in [1.82, 2.24) is 0 Å². The molecule has 1 heteroatoms. The summed E-state index contributed by atoms with van der Waals surface area (Å²) in [5, 5.41) is 0. The van der Waals surface area contributed by atoms with Crippen molar-refractivity contribution in [3.05, 3.63) is 35.9 Å². The monoisotopic (exact) mass is 177 g/mol. The van der Waals surface area contributed by atoms with Crippen LogP contribution in [0.2, 0.25) is 0 Å². The molecule has 0 radical (unpaired) electrons. The molecule has 0 saturated carbocycles. The van der Waals surface area contributed by atoms with Gasteiger partial charge in [0.1, 0.15) is 0 Å². The predicted molar refractivity (Wildman–Crippen MR) is 57.7 cm³/mol. The minimum absolute atomic E-state index is 0.529. The molecule has 0 bridgehead atoms. The molecule has 1 rings (SSSR count). The van der Waals surface area contributed by atoms with Crippen LogP contribution in [0.4, 0.5) is 0 Å². The summed E-state index contributed by atoms with van der Waals surface area (Å²) in [5.41, 5.74) is 7.13. The van der Waals surface area contributed by atoms with Crippen molar-refractivity contribution in [1.29, 1.82) is 0 Å². The van der Waals surface area contributed by atoms with E-state index in [-0.39, 0.29) is 0 Å². The lowest BCUT2D eigenvalue weighted by Crippen LogP contribution is -2.14. The molecule has 1 aromatic rings. The average molecular weight is 177 g/mol. The molecule has 0 aromatic heterocycles. The van der Waals surface area contributed by atoms with Crippen molar-refractivity contribution in [3.8, 4) is 0 Å². The van der Waals surface area contributed by atoms with Gasteiger partial charge in [0.25, 0.3) is 0 Å². The predicted octanol–water partition coefficient (Wildman–Crippen LogP) is 2.78. The van der Waals surface area contributed by atoms with Gasteiger partial charge in [0.2, 0.25) is 0 Å². The Balaban J connectivity index is 2.67. The zero-order valence-electron chi connectivity index (χ0n) is 8.53. The van der Waals surface area contributed by atoms with Crippen LogP contribution in [-0.4, -0.2) is 6.54 Å².